The molecule has 25 heavy (non-hydrogen) atoms. The normalized spacial score (nSPS) is 17.2. The number of rotatable bonds is 6. The summed E-state index contributed by atoms with van der Waals surface area (Å²) in [5.41, 5.74) is 1.47. The van der Waals surface area contributed by atoms with Crippen LogP contribution in [0.1, 0.15) is 24.2 Å². The molecule has 2 aromatic rings. The van der Waals surface area contributed by atoms with Crippen LogP contribution < -0.4 is 10.6 Å². The lowest BCUT2D eigenvalue weighted by Gasteiger charge is -2.38. The van der Waals surface area contributed by atoms with Gasteiger partial charge in [-0.05, 0) is 30.5 Å². The van der Waals surface area contributed by atoms with Gasteiger partial charge in [0.15, 0.2) is 5.96 Å². The molecule has 0 aliphatic carbocycles. The third-order valence-electron chi connectivity index (χ3n) is 4.90. The van der Waals surface area contributed by atoms with Gasteiger partial charge < -0.3 is 19.8 Å². The largest absolute Gasteiger partial charge is 0.469 e. The van der Waals surface area contributed by atoms with Crippen LogP contribution in [0.4, 0.5) is 0 Å². The molecule has 1 aromatic heterocycles. The van der Waals surface area contributed by atoms with Gasteiger partial charge in [-0.1, -0.05) is 30.3 Å². The van der Waals surface area contributed by atoms with E-state index >= 15 is 0 Å². The van der Waals surface area contributed by atoms with Gasteiger partial charge >= 0.3 is 0 Å². The van der Waals surface area contributed by atoms with Crippen molar-refractivity contribution in [2.45, 2.75) is 24.7 Å². The van der Waals surface area contributed by atoms with Crippen molar-refractivity contribution in [2.75, 3.05) is 33.4 Å². The predicted molar refractivity (Wildman–Crippen MR) is 99.9 cm³/mol. The quantitative estimate of drug-likeness (QED) is 0.626. The summed E-state index contributed by atoms with van der Waals surface area (Å²) >= 11 is 0. The lowest BCUT2D eigenvalue weighted by molar-refractivity contribution is 0.0514. The maximum absolute atomic E-state index is 5.60. The molecule has 1 saturated heterocycles. The zero-order chi connectivity index (χ0) is 17.4. The minimum atomic E-state index is 0.0954. The van der Waals surface area contributed by atoms with Crippen LogP contribution in [0.15, 0.2) is 58.1 Å². The third-order valence-corrected chi connectivity index (χ3v) is 4.90. The second-order valence-electron chi connectivity index (χ2n) is 6.44. The Balaban J connectivity index is 1.58. The number of nitrogens with zero attached hydrogens (tertiary/aromatic N) is 1. The van der Waals surface area contributed by atoms with Gasteiger partial charge in [-0.3, -0.25) is 4.99 Å². The summed E-state index contributed by atoms with van der Waals surface area (Å²) in [5.74, 6) is 1.81. The van der Waals surface area contributed by atoms with E-state index in [2.05, 4.69) is 46.0 Å². The number of ether oxygens (including phenoxy) is 1. The van der Waals surface area contributed by atoms with E-state index in [-0.39, 0.29) is 5.41 Å². The van der Waals surface area contributed by atoms with Gasteiger partial charge in [-0.2, -0.15) is 0 Å². The Morgan fingerprint density at radius 3 is 2.56 bits per heavy atom. The highest BCUT2D eigenvalue weighted by Gasteiger charge is 2.34. The van der Waals surface area contributed by atoms with Gasteiger partial charge in [-0.15, -0.1) is 0 Å². The van der Waals surface area contributed by atoms with Crippen LogP contribution in [0, 0.1) is 0 Å². The Morgan fingerprint density at radius 2 is 1.88 bits per heavy atom. The van der Waals surface area contributed by atoms with E-state index in [0.717, 1.165) is 57.3 Å². The van der Waals surface area contributed by atoms with Crippen LogP contribution in [-0.4, -0.2) is 39.3 Å². The molecule has 0 saturated carbocycles. The number of furan rings is 1. The molecule has 0 radical (unpaired) electrons. The summed E-state index contributed by atoms with van der Waals surface area (Å²) in [6.07, 6.45) is 4.59. The second-order valence-corrected chi connectivity index (χ2v) is 6.44. The first kappa shape index (κ1) is 17.5. The number of nitrogens with one attached hydrogen (secondary N) is 2. The first-order valence-electron chi connectivity index (χ1n) is 8.93. The summed E-state index contributed by atoms with van der Waals surface area (Å²) in [6, 6.07) is 14.6. The monoisotopic (exact) mass is 341 g/mol. The molecule has 134 valence electrons. The van der Waals surface area contributed by atoms with Crippen molar-refractivity contribution in [1.29, 1.82) is 0 Å². The minimum Gasteiger partial charge on any atom is -0.469 e. The average Bonchev–Trinajstić information content (AvgIpc) is 3.19. The fraction of sp³-hybridized carbons (Fsp3) is 0.450. The Bertz CT molecular complexity index is 647. The highest BCUT2D eigenvalue weighted by atomic mass is 16.5. The van der Waals surface area contributed by atoms with Crippen molar-refractivity contribution >= 4 is 5.96 Å². The van der Waals surface area contributed by atoms with Gasteiger partial charge in [0, 0.05) is 45.2 Å². The molecule has 0 bridgehead atoms. The molecular formula is C20H27N3O2. The van der Waals surface area contributed by atoms with Crippen LogP contribution in [0.2, 0.25) is 0 Å². The van der Waals surface area contributed by atoms with Crippen molar-refractivity contribution < 1.29 is 9.15 Å². The molecule has 3 rings (SSSR count). The molecule has 5 heteroatoms. The molecule has 2 heterocycles. The third kappa shape index (κ3) is 4.63. The SMILES string of the molecule is CN=C(NCCc1ccco1)NCC1(c2ccccc2)CCOCC1. The zero-order valence-corrected chi connectivity index (χ0v) is 14.8. The molecule has 0 spiro atoms. The van der Waals surface area contributed by atoms with E-state index in [0.29, 0.717) is 0 Å². The van der Waals surface area contributed by atoms with Gasteiger partial charge in [0.25, 0.3) is 0 Å². The molecule has 5 nitrogen and oxygen atoms in total. The van der Waals surface area contributed by atoms with Crippen LogP contribution in [0.5, 0.6) is 0 Å². The fourth-order valence-electron chi connectivity index (χ4n) is 3.35. The van der Waals surface area contributed by atoms with Crippen LogP contribution in [0.25, 0.3) is 0 Å². The van der Waals surface area contributed by atoms with Crippen molar-refractivity contribution in [1.82, 2.24) is 10.6 Å². The van der Waals surface area contributed by atoms with E-state index in [4.69, 9.17) is 9.15 Å². The first-order valence-corrected chi connectivity index (χ1v) is 8.93. The Labute approximate surface area is 149 Å². The molecule has 1 fully saturated rings. The van der Waals surface area contributed by atoms with Gasteiger partial charge in [0.05, 0.1) is 6.26 Å². The number of aliphatic imine (C=N–C) groups is 1. The molecule has 0 atom stereocenters. The van der Waals surface area contributed by atoms with Gasteiger partial charge in [0.2, 0.25) is 0 Å². The van der Waals surface area contributed by atoms with E-state index < -0.39 is 0 Å². The van der Waals surface area contributed by atoms with Crippen molar-refractivity contribution in [3.63, 3.8) is 0 Å². The highest BCUT2D eigenvalue weighted by Crippen LogP contribution is 2.34. The van der Waals surface area contributed by atoms with E-state index in [1.807, 2.05) is 12.1 Å². The average molecular weight is 341 g/mol. The van der Waals surface area contributed by atoms with E-state index in [1.54, 1.807) is 13.3 Å². The van der Waals surface area contributed by atoms with Crippen LogP contribution in [0.3, 0.4) is 0 Å². The van der Waals surface area contributed by atoms with Gasteiger partial charge in [0.1, 0.15) is 5.76 Å². The van der Waals surface area contributed by atoms with E-state index in [9.17, 15) is 0 Å². The standard InChI is InChI=1S/C20H27N3O2/c1-21-19(22-12-9-18-8-5-13-25-18)23-16-20(10-14-24-15-11-20)17-6-3-2-4-7-17/h2-8,13H,9-12,14-16H2,1H3,(H2,21,22,23). The molecule has 1 aromatic carbocycles. The predicted octanol–water partition coefficient (Wildman–Crippen LogP) is 2.74. The second kappa shape index (κ2) is 8.72. The Kier molecular flexibility index (Phi) is 6.12. The molecule has 0 amide bonds. The zero-order valence-electron chi connectivity index (χ0n) is 14.8. The maximum atomic E-state index is 5.60. The van der Waals surface area contributed by atoms with Crippen LogP contribution in [-0.2, 0) is 16.6 Å². The lowest BCUT2D eigenvalue weighted by Crippen LogP contribution is -2.48. The summed E-state index contributed by atoms with van der Waals surface area (Å²) in [4.78, 5) is 4.35. The maximum Gasteiger partial charge on any atom is 0.191 e. The number of hydrogen-bond acceptors (Lipinski definition) is 3. The molecule has 0 unspecified atom stereocenters. The Morgan fingerprint density at radius 1 is 1.08 bits per heavy atom. The molecular weight excluding hydrogens is 314 g/mol. The summed E-state index contributed by atoms with van der Waals surface area (Å²) in [6.45, 7) is 3.25. The van der Waals surface area contributed by atoms with Gasteiger partial charge in [-0.25, -0.2) is 0 Å². The van der Waals surface area contributed by atoms with Crippen molar-refractivity contribution in [3.8, 4) is 0 Å². The minimum absolute atomic E-state index is 0.0954. The van der Waals surface area contributed by atoms with Crippen molar-refractivity contribution in [3.05, 3.63) is 60.1 Å². The molecule has 1 aliphatic rings. The molecule has 1 aliphatic heterocycles. The highest BCUT2D eigenvalue weighted by molar-refractivity contribution is 5.79. The van der Waals surface area contributed by atoms with E-state index in [1.165, 1.54) is 5.56 Å². The summed E-state index contributed by atoms with van der Waals surface area (Å²) < 4.78 is 11.0. The number of guanidine groups is 1. The molecule has 2 N–H and O–H groups in total. The Hall–Kier alpha value is -2.27. The lowest BCUT2D eigenvalue weighted by atomic mass is 9.74. The number of benzene rings is 1. The van der Waals surface area contributed by atoms with Crippen molar-refractivity contribution in [2.24, 2.45) is 4.99 Å². The fourth-order valence-corrected chi connectivity index (χ4v) is 3.35. The smallest absolute Gasteiger partial charge is 0.191 e. The first-order chi connectivity index (χ1) is 12.3. The summed E-state index contributed by atoms with van der Waals surface area (Å²) in [5, 5.41) is 6.87. The van der Waals surface area contributed by atoms with Crippen LogP contribution >= 0.6 is 0 Å². The topological polar surface area (TPSA) is 58.8 Å². The number of hydrogen-bond donors (Lipinski definition) is 2. The summed E-state index contributed by atoms with van der Waals surface area (Å²) in [7, 11) is 1.81.